The standard InChI is InChI=1S/C23H29IN4O3/c1-14-2-3-15(11-19(14)24)10-17(13-25)23(30)28-8-6-18(7-9-28)26-22(29)20-12-21(31-27-20)16-4-5-16/h2-3,11-12,16-18H,4-10,13,25H2,1H3,(H,26,29)/t17-/m1/s1. The van der Waals surface area contributed by atoms with E-state index in [0.29, 0.717) is 37.7 Å². The van der Waals surface area contributed by atoms with Crippen LogP contribution in [0.2, 0.25) is 0 Å². The number of aromatic nitrogens is 1. The number of nitrogens with zero attached hydrogens (tertiary/aromatic N) is 2. The molecule has 2 fully saturated rings. The highest BCUT2D eigenvalue weighted by Gasteiger charge is 2.31. The lowest BCUT2D eigenvalue weighted by Crippen LogP contribution is -2.49. The molecular weight excluding hydrogens is 507 g/mol. The lowest BCUT2D eigenvalue weighted by atomic mass is 9.95. The van der Waals surface area contributed by atoms with Gasteiger partial charge in [0.1, 0.15) is 5.76 Å². The Kier molecular flexibility index (Phi) is 6.95. The predicted molar refractivity (Wildman–Crippen MR) is 126 cm³/mol. The van der Waals surface area contributed by atoms with E-state index in [2.05, 4.69) is 58.2 Å². The Bertz CT molecular complexity index is 948. The number of hydrogen-bond acceptors (Lipinski definition) is 5. The Balaban J connectivity index is 1.27. The normalized spacial score (nSPS) is 18.1. The van der Waals surface area contributed by atoms with Crippen molar-refractivity contribution in [2.24, 2.45) is 11.7 Å². The van der Waals surface area contributed by atoms with Crippen LogP contribution < -0.4 is 11.1 Å². The van der Waals surface area contributed by atoms with Crippen molar-refractivity contribution in [3.63, 3.8) is 0 Å². The molecule has 2 aromatic rings. The highest BCUT2D eigenvalue weighted by molar-refractivity contribution is 14.1. The molecule has 1 aromatic carbocycles. The van der Waals surface area contributed by atoms with Gasteiger partial charge in [0.25, 0.3) is 5.91 Å². The summed E-state index contributed by atoms with van der Waals surface area (Å²) in [6, 6.07) is 8.09. The fourth-order valence-electron chi connectivity index (χ4n) is 4.04. The van der Waals surface area contributed by atoms with Gasteiger partial charge in [0, 0.05) is 41.2 Å². The fraction of sp³-hybridized carbons (Fsp3) is 0.522. The molecule has 1 aliphatic carbocycles. The molecule has 0 radical (unpaired) electrons. The number of carbonyl (C=O) groups excluding carboxylic acids is 2. The van der Waals surface area contributed by atoms with Crippen LogP contribution in [0.5, 0.6) is 0 Å². The molecule has 0 bridgehead atoms. The summed E-state index contributed by atoms with van der Waals surface area (Å²) < 4.78 is 6.47. The van der Waals surface area contributed by atoms with E-state index in [1.165, 1.54) is 9.13 Å². The number of likely N-dealkylation sites (tertiary alicyclic amines) is 1. The molecule has 31 heavy (non-hydrogen) atoms. The minimum absolute atomic E-state index is 0.0348. The fourth-order valence-corrected chi connectivity index (χ4v) is 4.62. The van der Waals surface area contributed by atoms with E-state index in [1.807, 2.05) is 4.90 Å². The number of hydrogen-bond donors (Lipinski definition) is 2. The summed E-state index contributed by atoms with van der Waals surface area (Å²) in [6.45, 7) is 3.65. The maximum absolute atomic E-state index is 13.0. The monoisotopic (exact) mass is 536 g/mol. The van der Waals surface area contributed by atoms with Crippen LogP contribution in [-0.2, 0) is 11.2 Å². The van der Waals surface area contributed by atoms with Crippen LogP contribution in [0.25, 0.3) is 0 Å². The average Bonchev–Trinajstić information content (AvgIpc) is 3.50. The molecule has 0 spiro atoms. The van der Waals surface area contributed by atoms with Crippen LogP contribution in [0.4, 0.5) is 0 Å². The number of halogens is 1. The van der Waals surface area contributed by atoms with Crippen molar-refractivity contribution in [3.8, 4) is 0 Å². The average molecular weight is 536 g/mol. The maximum atomic E-state index is 13.0. The van der Waals surface area contributed by atoms with E-state index in [-0.39, 0.29) is 23.8 Å². The second-order valence-electron chi connectivity index (χ2n) is 8.68. The number of aryl methyl sites for hydroxylation is 1. The van der Waals surface area contributed by atoms with Crippen LogP contribution in [0.15, 0.2) is 28.8 Å². The van der Waals surface area contributed by atoms with Crippen LogP contribution in [0.3, 0.4) is 0 Å². The number of rotatable bonds is 7. The lowest BCUT2D eigenvalue weighted by Gasteiger charge is -2.34. The van der Waals surface area contributed by atoms with Gasteiger partial charge in [-0.2, -0.15) is 0 Å². The second-order valence-corrected chi connectivity index (χ2v) is 9.84. The van der Waals surface area contributed by atoms with Gasteiger partial charge in [-0.1, -0.05) is 17.3 Å². The largest absolute Gasteiger partial charge is 0.360 e. The zero-order valence-electron chi connectivity index (χ0n) is 17.8. The quantitative estimate of drug-likeness (QED) is 0.530. The first-order valence-corrected chi connectivity index (χ1v) is 12.0. The minimum Gasteiger partial charge on any atom is -0.360 e. The molecule has 1 saturated heterocycles. The van der Waals surface area contributed by atoms with E-state index in [0.717, 1.165) is 37.0 Å². The Labute approximate surface area is 196 Å². The summed E-state index contributed by atoms with van der Waals surface area (Å²) in [4.78, 5) is 27.4. The van der Waals surface area contributed by atoms with Gasteiger partial charge in [-0.3, -0.25) is 9.59 Å². The molecule has 0 unspecified atom stereocenters. The Hall–Kier alpha value is -1.94. The Morgan fingerprint density at radius 3 is 2.65 bits per heavy atom. The van der Waals surface area contributed by atoms with Crippen molar-refractivity contribution in [2.75, 3.05) is 19.6 Å². The van der Waals surface area contributed by atoms with Gasteiger partial charge >= 0.3 is 0 Å². The van der Waals surface area contributed by atoms with Crippen molar-refractivity contribution >= 4 is 34.4 Å². The SMILES string of the molecule is Cc1ccc(C[C@H](CN)C(=O)N2CCC(NC(=O)c3cc(C4CC4)on3)CC2)cc1I. The van der Waals surface area contributed by atoms with Crippen molar-refractivity contribution in [2.45, 2.75) is 51.0 Å². The summed E-state index contributed by atoms with van der Waals surface area (Å²) in [5.41, 5.74) is 8.68. The molecule has 1 atom stereocenters. The van der Waals surface area contributed by atoms with E-state index in [1.54, 1.807) is 6.07 Å². The second kappa shape index (κ2) is 9.68. The number of benzene rings is 1. The van der Waals surface area contributed by atoms with Crippen molar-refractivity contribution in [1.82, 2.24) is 15.4 Å². The summed E-state index contributed by atoms with van der Waals surface area (Å²) in [6.07, 6.45) is 4.32. The third kappa shape index (κ3) is 5.46. The molecule has 2 aliphatic rings. The van der Waals surface area contributed by atoms with Gasteiger partial charge in [-0.15, -0.1) is 0 Å². The van der Waals surface area contributed by atoms with Gasteiger partial charge in [0.2, 0.25) is 5.91 Å². The van der Waals surface area contributed by atoms with Gasteiger partial charge in [-0.25, -0.2) is 0 Å². The molecule has 2 amide bonds. The molecular formula is C23H29IN4O3. The molecule has 2 heterocycles. The molecule has 1 aliphatic heterocycles. The molecule has 4 rings (SSSR count). The number of carbonyl (C=O) groups is 2. The number of nitrogens with two attached hydrogens (primary N) is 1. The minimum atomic E-state index is -0.222. The van der Waals surface area contributed by atoms with Crippen LogP contribution in [0, 0.1) is 16.4 Å². The number of piperidine rings is 1. The molecule has 7 nitrogen and oxygen atoms in total. The first-order chi connectivity index (χ1) is 14.9. The van der Waals surface area contributed by atoms with Gasteiger partial charge < -0.3 is 20.5 Å². The van der Waals surface area contributed by atoms with Gasteiger partial charge in [-0.05, 0) is 78.8 Å². The summed E-state index contributed by atoms with van der Waals surface area (Å²) >= 11 is 2.32. The Morgan fingerprint density at radius 1 is 1.26 bits per heavy atom. The number of nitrogens with one attached hydrogen (secondary N) is 1. The van der Waals surface area contributed by atoms with E-state index < -0.39 is 0 Å². The van der Waals surface area contributed by atoms with Crippen molar-refractivity contribution < 1.29 is 14.1 Å². The first kappa shape index (κ1) is 22.3. The zero-order valence-corrected chi connectivity index (χ0v) is 19.9. The summed E-state index contributed by atoms with van der Waals surface area (Å²) in [5, 5.41) is 6.94. The molecule has 1 saturated carbocycles. The topological polar surface area (TPSA) is 101 Å². The molecule has 166 valence electrons. The third-order valence-corrected chi connectivity index (χ3v) is 7.40. The molecule has 3 N–H and O–H groups in total. The van der Waals surface area contributed by atoms with Crippen LogP contribution in [0.1, 0.15) is 59.0 Å². The maximum Gasteiger partial charge on any atom is 0.273 e. The van der Waals surface area contributed by atoms with Crippen molar-refractivity contribution in [3.05, 3.63) is 50.4 Å². The smallest absolute Gasteiger partial charge is 0.273 e. The highest BCUT2D eigenvalue weighted by atomic mass is 127. The highest BCUT2D eigenvalue weighted by Crippen LogP contribution is 2.40. The van der Waals surface area contributed by atoms with Gasteiger partial charge in [0.05, 0.1) is 5.92 Å². The van der Waals surface area contributed by atoms with Gasteiger partial charge in [0.15, 0.2) is 5.69 Å². The first-order valence-electron chi connectivity index (χ1n) is 11.0. The van der Waals surface area contributed by atoms with E-state index >= 15 is 0 Å². The Morgan fingerprint density at radius 2 is 2.00 bits per heavy atom. The van der Waals surface area contributed by atoms with E-state index in [9.17, 15) is 9.59 Å². The predicted octanol–water partition coefficient (Wildman–Crippen LogP) is 3.00. The zero-order chi connectivity index (χ0) is 22.0. The van der Waals surface area contributed by atoms with E-state index in [4.69, 9.17) is 10.3 Å². The molecule has 8 heteroatoms. The third-order valence-electron chi connectivity index (χ3n) is 6.23. The lowest BCUT2D eigenvalue weighted by molar-refractivity contribution is -0.136. The van der Waals surface area contributed by atoms with Crippen LogP contribution in [-0.4, -0.2) is 47.5 Å². The number of amides is 2. The van der Waals surface area contributed by atoms with Crippen molar-refractivity contribution in [1.29, 1.82) is 0 Å². The summed E-state index contributed by atoms with van der Waals surface area (Å²) in [5.74, 6) is 0.923. The molecule has 1 aromatic heterocycles. The van der Waals surface area contributed by atoms with Crippen LogP contribution >= 0.6 is 22.6 Å². The summed E-state index contributed by atoms with van der Waals surface area (Å²) in [7, 11) is 0.